The van der Waals surface area contributed by atoms with E-state index in [4.69, 9.17) is 21.1 Å². The Hall–Kier alpha value is -3.31. The summed E-state index contributed by atoms with van der Waals surface area (Å²) in [6.07, 6.45) is 2.36. The van der Waals surface area contributed by atoms with Crippen molar-refractivity contribution in [2.24, 2.45) is 0 Å². The van der Waals surface area contributed by atoms with Gasteiger partial charge >= 0.3 is 5.56 Å². The third-order valence-corrected chi connectivity index (χ3v) is 4.94. The van der Waals surface area contributed by atoms with Crippen molar-refractivity contribution >= 4 is 22.4 Å². The highest BCUT2D eigenvalue weighted by atomic mass is 35.5. The molecule has 4 aromatic rings. The lowest BCUT2D eigenvalue weighted by Crippen LogP contribution is -2.24. The monoisotopic (exact) mass is 420 g/mol. The van der Waals surface area contributed by atoms with Gasteiger partial charge in [0.25, 0.3) is 0 Å². The van der Waals surface area contributed by atoms with Crippen LogP contribution < -0.4 is 15.0 Å². The number of hydrogen-bond acceptors (Lipinski definition) is 4. The summed E-state index contributed by atoms with van der Waals surface area (Å²) < 4.78 is 12.7. The Morgan fingerprint density at radius 3 is 2.50 bits per heavy atom. The first kappa shape index (κ1) is 20.0. The first-order chi connectivity index (χ1) is 14.7. The molecule has 3 aromatic carbocycles. The fourth-order valence-corrected chi connectivity index (χ4v) is 3.35. The maximum absolute atomic E-state index is 13.0. The van der Waals surface area contributed by atoms with E-state index in [1.165, 1.54) is 10.9 Å². The van der Waals surface area contributed by atoms with Crippen molar-refractivity contribution in [2.75, 3.05) is 6.61 Å². The molecule has 30 heavy (non-hydrogen) atoms. The number of benzene rings is 3. The van der Waals surface area contributed by atoms with Crippen molar-refractivity contribution in [3.8, 4) is 17.2 Å². The Balaban J connectivity index is 1.61. The van der Waals surface area contributed by atoms with Crippen molar-refractivity contribution in [2.45, 2.75) is 19.9 Å². The van der Waals surface area contributed by atoms with Gasteiger partial charge in [0.05, 0.1) is 19.3 Å². The number of ether oxygens (including phenoxy) is 2. The normalized spacial score (nSPS) is 10.9. The van der Waals surface area contributed by atoms with E-state index in [9.17, 15) is 4.79 Å². The van der Waals surface area contributed by atoms with E-state index in [1.54, 1.807) is 24.3 Å². The molecule has 0 spiro atoms. The molecule has 5 nitrogen and oxygen atoms in total. The Morgan fingerprint density at radius 2 is 1.70 bits per heavy atom. The number of aromatic nitrogens is 2. The quantitative estimate of drug-likeness (QED) is 0.386. The zero-order valence-electron chi connectivity index (χ0n) is 16.5. The molecule has 0 fully saturated rings. The summed E-state index contributed by atoms with van der Waals surface area (Å²) in [5, 5.41) is 6.56. The van der Waals surface area contributed by atoms with Crippen LogP contribution in [0.25, 0.3) is 10.8 Å². The van der Waals surface area contributed by atoms with Crippen molar-refractivity contribution in [1.29, 1.82) is 0 Å². The molecule has 1 heterocycles. The second kappa shape index (κ2) is 9.01. The van der Waals surface area contributed by atoms with Crippen molar-refractivity contribution in [3.63, 3.8) is 0 Å². The molecule has 0 saturated carbocycles. The van der Waals surface area contributed by atoms with Gasteiger partial charge in [-0.25, -0.2) is 4.68 Å². The van der Waals surface area contributed by atoms with Gasteiger partial charge < -0.3 is 9.47 Å². The van der Waals surface area contributed by atoms with E-state index in [0.29, 0.717) is 18.9 Å². The first-order valence-electron chi connectivity index (χ1n) is 9.78. The average molecular weight is 421 g/mol. The van der Waals surface area contributed by atoms with Crippen LogP contribution in [0.2, 0.25) is 5.02 Å². The molecule has 0 unspecified atom stereocenters. The summed E-state index contributed by atoms with van der Waals surface area (Å²) in [6, 6.07) is 21.1. The minimum absolute atomic E-state index is 0.0501. The maximum Gasteiger partial charge on any atom is 0.311 e. The van der Waals surface area contributed by atoms with E-state index >= 15 is 0 Å². The average Bonchev–Trinajstić information content (AvgIpc) is 2.78. The summed E-state index contributed by atoms with van der Waals surface area (Å²) in [7, 11) is 0. The predicted octanol–water partition coefficient (Wildman–Crippen LogP) is 5.68. The second-order valence-corrected chi connectivity index (χ2v) is 7.25. The third kappa shape index (κ3) is 4.31. The first-order valence-corrected chi connectivity index (χ1v) is 10.2. The Labute approximate surface area is 179 Å². The van der Waals surface area contributed by atoms with Crippen molar-refractivity contribution in [1.82, 2.24) is 9.78 Å². The van der Waals surface area contributed by atoms with E-state index in [2.05, 4.69) is 5.10 Å². The number of nitrogens with zero attached hydrogens (tertiary/aromatic N) is 2. The van der Waals surface area contributed by atoms with Gasteiger partial charge in [0.15, 0.2) is 0 Å². The lowest BCUT2D eigenvalue weighted by atomic mass is 10.0. The van der Waals surface area contributed by atoms with Gasteiger partial charge in [-0.15, -0.1) is 0 Å². The fourth-order valence-electron chi connectivity index (χ4n) is 3.19. The molecule has 152 valence electrons. The minimum atomic E-state index is -0.387. The van der Waals surface area contributed by atoms with E-state index in [-0.39, 0.29) is 16.3 Å². The van der Waals surface area contributed by atoms with Crippen LogP contribution in [0.4, 0.5) is 0 Å². The lowest BCUT2D eigenvalue weighted by Gasteiger charge is -2.12. The zero-order valence-corrected chi connectivity index (χ0v) is 17.3. The summed E-state index contributed by atoms with van der Waals surface area (Å²) in [6.45, 7) is 3.01. The molecule has 0 N–H and O–H groups in total. The van der Waals surface area contributed by atoms with Crippen LogP contribution >= 0.6 is 11.6 Å². The van der Waals surface area contributed by atoms with Gasteiger partial charge in [-0.1, -0.05) is 61.0 Å². The highest BCUT2D eigenvalue weighted by molar-refractivity contribution is 6.31. The van der Waals surface area contributed by atoms with Crippen molar-refractivity contribution < 1.29 is 9.47 Å². The van der Waals surface area contributed by atoms with Gasteiger partial charge in [0.1, 0.15) is 16.5 Å². The molecule has 0 aliphatic rings. The fraction of sp³-hybridized carbons (Fsp3) is 0.167. The van der Waals surface area contributed by atoms with Gasteiger partial charge in [-0.05, 0) is 47.0 Å². The zero-order chi connectivity index (χ0) is 20.9. The summed E-state index contributed by atoms with van der Waals surface area (Å²) in [5.74, 6) is 1.30. The maximum atomic E-state index is 13.0. The highest BCUT2D eigenvalue weighted by Crippen LogP contribution is 2.27. The Morgan fingerprint density at radius 1 is 0.967 bits per heavy atom. The molecule has 4 rings (SSSR count). The van der Waals surface area contributed by atoms with Crippen LogP contribution in [-0.4, -0.2) is 16.4 Å². The van der Waals surface area contributed by atoms with Crippen LogP contribution in [0.15, 0.2) is 77.7 Å². The van der Waals surface area contributed by atoms with E-state index in [0.717, 1.165) is 28.5 Å². The molecular formula is C24H21ClN2O3. The molecule has 0 aliphatic heterocycles. The van der Waals surface area contributed by atoms with Crippen LogP contribution in [0.3, 0.4) is 0 Å². The van der Waals surface area contributed by atoms with Crippen molar-refractivity contribution in [3.05, 3.63) is 93.9 Å². The molecule has 0 amide bonds. The van der Waals surface area contributed by atoms with E-state index < -0.39 is 0 Å². The number of rotatable bonds is 7. The molecule has 6 heteroatoms. The molecule has 0 aliphatic carbocycles. The molecule has 0 radical (unpaired) electrons. The van der Waals surface area contributed by atoms with Crippen LogP contribution in [0.1, 0.15) is 18.9 Å². The largest absolute Gasteiger partial charge is 0.494 e. The minimum Gasteiger partial charge on any atom is -0.494 e. The second-order valence-electron chi connectivity index (χ2n) is 6.84. The molecule has 1 aromatic heterocycles. The van der Waals surface area contributed by atoms with Crippen LogP contribution in [-0.2, 0) is 6.54 Å². The number of hydrogen-bond donors (Lipinski definition) is 0. The topological polar surface area (TPSA) is 53.4 Å². The standard InChI is InChI=1S/C24H21ClN2O3/c1-2-14-29-19-10-12-20(13-11-19)30-23-22(25)15-26-27(24(23)28)16-18-8-5-7-17-6-3-4-9-21(17)18/h3-13,15H,2,14,16H2,1H3. The Kier molecular flexibility index (Phi) is 6.00. The van der Waals surface area contributed by atoms with E-state index in [1.807, 2.05) is 49.4 Å². The molecule has 0 bridgehead atoms. The summed E-state index contributed by atoms with van der Waals surface area (Å²) >= 11 is 6.22. The smallest absolute Gasteiger partial charge is 0.311 e. The van der Waals surface area contributed by atoms with Gasteiger partial charge in [-0.3, -0.25) is 4.79 Å². The van der Waals surface area contributed by atoms with Gasteiger partial charge in [0.2, 0.25) is 5.75 Å². The molecule has 0 atom stereocenters. The summed E-state index contributed by atoms with van der Waals surface area (Å²) in [4.78, 5) is 13.0. The highest BCUT2D eigenvalue weighted by Gasteiger charge is 2.14. The number of fused-ring (bicyclic) bond motifs is 1. The van der Waals surface area contributed by atoms with Gasteiger partial charge in [-0.2, -0.15) is 5.10 Å². The SMILES string of the molecule is CCCOc1ccc(Oc2c(Cl)cnn(Cc3cccc4ccccc34)c2=O)cc1. The van der Waals surface area contributed by atoms with Gasteiger partial charge in [0, 0.05) is 0 Å². The summed E-state index contributed by atoms with van der Waals surface area (Å²) in [5.41, 5.74) is 0.607. The lowest BCUT2D eigenvalue weighted by molar-refractivity contribution is 0.317. The van der Waals surface area contributed by atoms with Crippen LogP contribution in [0, 0.1) is 0 Å². The Bertz CT molecular complexity index is 1210. The third-order valence-electron chi connectivity index (χ3n) is 4.67. The molecular weight excluding hydrogens is 400 g/mol. The number of halogens is 1. The van der Waals surface area contributed by atoms with Crippen LogP contribution in [0.5, 0.6) is 17.2 Å². The predicted molar refractivity (Wildman–Crippen MR) is 119 cm³/mol. The molecule has 0 saturated heterocycles.